The Balaban J connectivity index is 1.68. The fraction of sp³-hybridized carbons (Fsp3) is 1.00. The largest absolute Gasteiger partial charge is 0.394 e. The minimum Gasteiger partial charge on any atom is -0.394 e. The molecule has 21 heteroatoms. The van der Waals surface area contributed by atoms with Gasteiger partial charge in [-0.15, -0.1) is 0 Å². The smallest absolute Gasteiger partial charge is 0.187 e. The minimum absolute atomic E-state index is 0.807. The molecular formula is C24H42O21. The van der Waals surface area contributed by atoms with E-state index in [4.69, 9.17) is 33.2 Å². The molecule has 21 nitrogen and oxygen atoms in total. The summed E-state index contributed by atoms with van der Waals surface area (Å²) in [5.74, 6) is 0. The number of aliphatic hydroxyl groups is 14. The van der Waals surface area contributed by atoms with E-state index in [0.717, 1.165) is 0 Å². The topological polar surface area (TPSA) is 348 Å². The van der Waals surface area contributed by atoms with Crippen LogP contribution in [0.2, 0.25) is 0 Å². The summed E-state index contributed by atoms with van der Waals surface area (Å²) < 4.78 is 38.5. The first kappa shape index (κ1) is 37.0. The van der Waals surface area contributed by atoms with Gasteiger partial charge in [-0.3, -0.25) is 0 Å². The Morgan fingerprint density at radius 3 is 1.16 bits per heavy atom. The maximum absolute atomic E-state index is 11.1. The molecule has 0 saturated carbocycles. The van der Waals surface area contributed by atoms with Crippen LogP contribution in [0.1, 0.15) is 0 Å². The number of aliphatic hydroxyl groups excluding tert-OH is 14. The second-order valence-corrected chi connectivity index (χ2v) is 11.1. The van der Waals surface area contributed by atoms with Crippen LogP contribution in [0.25, 0.3) is 0 Å². The van der Waals surface area contributed by atoms with Crippen LogP contribution in [0.4, 0.5) is 0 Å². The van der Waals surface area contributed by atoms with Gasteiger partial charge in [0.1, 0.15) is 97.7 Å². The Labute approximate surface area is 254 Å². The lowest BCUT2D eigenvalue weighted by atomic mass is 9.95. The molecule has 264 valence electrons. The van der Waals surface area contributed by atoms with Crippen molar-refractivity contribution < 1.29 is 105 Å². The molecule has 0 unspecified atom stereocenters. The molecule has 0 aliphatic carbocycles. The molecule has 20 atom stereocenters. The third-order valence-corrected chi connectivity index (χ3v) is 8.21. The van der Waals surface area contributed by atoms with Crippen LogP contribution in [0, 0.1) is 0 Å². The summed E-state index contributed by atoms with van der Waals surface area (Å²) in [7, 11) is 0. The number of hydrogen-bond acceptors (Lipinski definition) is 21. The molecule has 4 rings (SSSR count). The molecular weight excluding hydrogens is 624 g/mol. The van der Waals surface area contributed by atoms with Gasteiger partial charge in [0.25, 0.3) is 0 Å². The quantitative estimate of drug-likeness (QED) is 0.103. The van der Waals surface area contributed by atoms with Gasteiger partial charge >= 0.3 is 0 Å². The molecule has 0 radical (unpaired) electrons. The third-order valence-electron chi connectivity index (χ3n) is 8.21. The van der Waals surface area contributed by atoms with Gasteiger partial charge < -0.3 is 105 Å². The summed E-state index contributed by atoms with van der Waals surface area (Å²) in [5.41, 5.74) is 0. The zero-order valence-electron chi connectivity index (χ0n) is 23.5. The van der Waals surface area contributed by atoms with E-state index in [-0.39, 0.29) is 0 Å². The van der Waals surface area contributed by atoms with Crippen LogP contribution >= 0.6 is 0 Å². The fourth-order valence-electron chi connectivity index (χ4n) is 5.49. The lowest BCUT2D eigenvalue weighted by molar-refractivity contribution is -0.407. The van der Waals surface area contributed by atoms with Crippen molar-refractivity contribution in [2.75, 3.05) is 26.4 Å². The zero-order valence-corrected chi connectivity index (χ0v) is 23.5. The molecule has 4 heterocycles. The van der Waals surface area contributed by atoms with Crippen molar-refractivity contribution in [1.82, 2.24) is 0 Å². The van der Waals surface area contributed by atoms with Gasteiger partial charge in [-0.2, -0.15) is 0 Å². The molecule has 0 bridgehead atoms. The average molecular weight is 667 g/mol. The van der Waals surface area contributed by atoms with E-state index in [0.29, 0.717) is 0 Å². The molecule has 4 saturated heterocycles. The molecule has 45 heavy (non-hydrogen) atoms. The Kier molecular flexibility index (Phi) is 12.8. The van der Waals surface area contributed by atoms with Crippen molar-refractivity contribution in [2.24, 2.45) is 0 Å². The number of hydrogen-bond donors (Lipinski definition) is 14. The zero-order chi connectivity index (χ0) is 33.3. The predicted octanol–water partition coefficient (Wildman–Crippen LogP) is -9.75. The van der Waals surface area contributed by atoms with Gasteiger partial charge in [-0.05, 0) is 0 Å². The molecule has 4 aliphatic rings. The highest BCUT2D eigenvalue weighted by Gasteiger charge is 2.56. The minimum atomic E-state index is -2.04. The lowest BCUT2D eigenvalue weighted by Crippen LogP contribution is -2.68. The van der Waals surface area contributed by atoms with Crippen molar-refractivity contribution >= 4 is 0 Å². The van der Waals surface area contributed by atoms with Gasteiger partial charge in [0, 0.05) is 0 Å². The van der Waals surface area contributed by atoms with E-state index in [9.17, 15) is 71.5 Å². The van der Waals surface area contributed by atoms with E-state index < -0.39 is 149 Å². The summed E-state index contributed by atoms with van der Waals surface area (Å²) in [6.07, 6.45) is -36.9. The van der Waals surface area contributed by atoms with E-state index in [2.05, 4.69) is 0 Å². The van der Waals surface area contributed by atoms with Crippen molar-refractivity contribution in [1.29, 1.82) is 0 Å². The van der Waals surface area contributed by atoms with Crippen molar-refractivity contribution in [3.05, 3.63) is 0 Å². The maximum Gasteiger partial charge on any atom is 0.187 e. The first-order chi connectivity index (χ1) is 21.3. The van der Waals surface area contributed by atoms with Gasteiger partial charge in [-0.1, -0.05) is 0 Å². The lowest BCUT2D eigenvalue weighted by Gasteiger charge is -2.50. The molecule has 14 N–H and O–H groups in total. The predicted molar refractivity (Wildman–Crippen MR) is 134 cm³/mol. The van der Waals surface area contributed by atoms with Crippen LogP contribution in [-0.2, 0) is 33.2 Å². The highest BCUT2D eigenvalue weighted by atomic mass is 16.8. The van der Waals surface area contributed by atoms with Crippen molar-refractivity contribution in [2.45, 2.75) is 123 Å². The third kappa shape index (κ3) is 7.44. The van der Waals surface area contributed by atoms with Crippen LogP contribution in [0.3, 0.4) is 0 Å². The molecule has 0 aromatic rings. The van der Waals surface area contributed by atoms with Crippen LogP contribution < -0.4 is 0 Å². The fourth-order valence-corrected chi connectivity index (χ4v) is 5.49. The van der Waals surface area contributed by atoms with Crippen molar-refractivity contribution in [3.63, 3.8) is 0 Å². The van der Waals surface area contributed by atoms with Gasteiger partial charge in [-0.25, -0.2) is 0 Å². The van der Waals surface area contributed by atoms with Gasteiger partial charge in [0.15, 0.2) is 25.2 Å². The highest BCUT2D eigenvalue weighted by Crippen LogP contribution is 2.35. The van der Waals surface area contributed by atoms with Gasteiger partial charge in [0.05, 0.1) is 26.4 Å². The summed E-state index contributed by atoms with van der Waals surface area (Å²) in [6, 6.07) is 0. The van der Waals surface area contributed by atoms with E-state index >= 15 is 0 Å². The Bertz CT molecular complexity index is 914. The summed E-state index contributed by atoms with van der Waals surface area (Å²) in [4.78, 5) is 0. The number of ether oxygens (including phenoxy) is 7. The van der Waals surface area contributed by atoms with E-state index in [1.807, 2.05) is 0 Å². The van der Waals surface area contributed by atoms with E-state index in [1.165, 1.54) is 0 Å². The highest BCUT2D eigenvalue weighted by molar-refractivity contribution is 4.98. The standard InChI is InChI=1S/C24H42O21/c25-1-5-11(31)15(35)19(21(38)39-5)44-24-20(45-23-17(37)14(34)10(30)7(3-27)41-23)18(12(32)8(4-28)42-24)43-22-16(36)13(33)9(29)6(2-26)40-22/h5-38H,1-4H2/t5-,6-,7-,8-,9+,10+,11-,12-,13+,14+,15+,16-,17-,18+,19+,20+,21+,22-,23-,24-/m1/s1. The van der Waals surface area contributed by atoms with Crippen LogP contribution in [-0.4, -0.2) is 221 Å². The Morgan fingerprint density at radius 1 is 0.333 bits per heavy atom. The van der Waals surface area contributed by atoms with Gasteiger partial charge in [0.2, 0.25) is 0 Å². The van der Waals surface area contributed by atoms with Crippen LogP contribution in [0.5, 0.6) is 0 Å². The SMILES string of the molecule is OC[C@H]1O[C@H](O[C@@H]2[C@@H](O[C@H]3[C@@H](O)[C@H](O)[C@@H](CO)O[C@@H]3O)O[C@H](CO)[C@@H](O)[C@@H]2O[C@H]2O[C@H](CO)[C@H](O)[C@H](O)[C@H]2O)[C@H](O)[C@@H](O)[C@H]1O. The monoisotopic (exact) mass is 666 g/mol. The molecule has 4 aliphatic heterocycles. The van der Waals surface area contributed by atoms with E-state index in [1.54, 1.807) is 0 Å². The molecule has 0 spiro atoms. The maximum atomic E-state index is 11.1. The summed E-state index contributed by atoms with van der Waals surface area (Å²) in [6.45, 7) is -3.47. The molecule has 4 fully saturated rings. The summed E-state index contributed by atoms with van der Waals surface area (Å²) >= 11 is 0. The molecule has 0 aromatic carbocycles. The summed E-state index contributed by atoms with van der Waals surface area (Å²) in [5, 5.41) is 143. The Hall–Kier alpha value is -0.840. The Morgan fingerprint density at radius 2 is 0.689 bits per heavy atom. The first-order valence-electron chi connectivity index (χ1n) is 14.1. The molecule has 0 amide bonds. The second-order valence-electron chi connectivity index (χ2n) is 11.1. The van der Waals surface area contributed by atoms with Crippen molar-refractivity contribution in [3.8, 4) is 0 Å². The first-order valence-corrected chi connectivity index (χ1v) is 14.1. The normalized spacial score (nSPS) is 52.9. The molecule has 0 aromatic heterocycles. The van der Waals surface area contributed by atoms with Crippen LogP contribution in [0.15, 0.2) is 0 Å². The number of rotatable bonds is 10. The second kappa shape index (κ2) is 15.6. The average Bonchev–Trinajstić information content (AvgIpc) is 3.03.